The smallest absolute Gasteiger partial charge is 0.410 e. The van der Waals surface area contributed by atoms with E-state index in [0.29, 0.717) is 58.3 Å². The monoisotopic (exact) mass is 607 g/mol. The number of halogens is 2. The van der Waals surface area contributed by atoms with Crippen molar-refractivity contribution in [2.45, 2.75) is 39.3 Å². The van der Waals surface area contributed by atoms with E-state index in [1.54, 1.807) is 54.9 Å². The Kier molecular flexibility index (Phi) is 8.25. The Hall–Kier alpha value is -4.31. The minimum Gasteiger partial charge on any atom is -0.495 e. The molecule has 5 rings (SSSR count). The Morgan fingerprint density at radius 1 is 1.05 bits per heavy atom. The van der Waals surface area contributed by atoms with Crippen LogP contribution in [0.5, 0.6) is 5.75 Å². The Morgan fingerprint density at radius 3 is 2.37 bits per heavy atom. The Morgan fingerprint density at radius 2 is 1.77 bits per heavy atom. The predicted octanol–water partition coefficient (Wildman–Crippen LogP) is 6.15. The Bertz CT molecular complexity index is 1730. The lowest BCUT2D eigenvalue weighted by Gasteiger charge is -2.41. The van der Waals surface area contributed by atoms with Crippen LogP contribution < -0.4 is 15.3 Å². The molecule has 1 atom stereocenters. The normalized spacial score (nSPS) is 15.5. The minimum absolute atomic E-state index is 0.0815. The number of hydrogen-bond acceptors (Lipinski definition) is 6. The third-order valence-electron chi connectivity index (χ3n) is 7.38. The van der Waals surface area contributed by atoms with E-state index in [9.17, 15) is 9.59 Å². The molecule has 43 heavy (non-hydrogen) atoms. The average molecular weight is 608 g/mol. The van der Waals surface area contributed by atoms with Crippen molar-refractivity contribution in [3.05, 3.63) is 82.5 Å². The lowest BCUT2D eigenvalue weighted by Crippen LogP contribution is -2.55. The van der Waals surface area contributed by atoms with Crippen molar-refractivity contribution in [3.63, 3.8) is 0 Å². The first-order valence-electron chi connectivity index (χ1n) is 14.0. The van der Waals surface area contributed by atoms with E-state index in [1.165, 1.54) is 28.4 Å². The van der Waals surface area contributed by atoms with Crippen LogP contribution >= 0.6 is 11.6 Å². The zero-order chi connectivity index (χ0) is 31.1. The first-order valence-corrected chi connectivity index (χ1v) is 14.4. The second kappa shape index (κ2) is 11.8. The summed E-state index contributed by atoms with van der Waals surface area (Å²) in [6.45, 7) is 9.23. The minimum atomic E-state index is -0.566. The Balaban J connectivity index is 1.45. The lowest BCUT2D eigenvalue weighted by molar-refractivity contribution is 0.0159. The first-order chi connectivity index (χ1) is 20.4. The highest BCUT2D eigenvalue weighted by molar-refractivity contribution is 6.32. The van der Waals surface area contributed by atoms with E-state index in [2.05, 4.69) is 9.88 Å². The fourth-order valence-electron chi connectivity index (χ4n) is 5.29. The van der Waals surface area contributed by atoms with Gasteiger partial charge in [-0.15, -0.1) is 0 Å². The van der Waals surface area contributed by atoms with Crippen molar-refractivity contribution in [2.24, 2.45) is 7.05 Å². The molecule has 1 fully saturated rings. The van der Waals surface area contributed by atoms with Crippen LogP contribution in [0.25, 0.3) is 27.9 Å². The molecule has 2 aromatic carbocycles. The predicted molar refractivity (Wildman–Crippen MR) is 166 cm³/mol. The molecule has 0 saturated carbocycles. The molecule has 0 bridgehead atoms. The third kappa shape index (κ3) is 6.24. The second-order valence-electron chi connectivity index (χ2n) is 11.7. The summed E-state index contributed by atoms with van der Waals surface area (Å²) >= 11 is 6.62. The molecule has 3 heterocycles. The summed E-state index contributed by atoms with van der Waals surface area (Å²) < 4.78 is 29.5. The van der Waals surface area contributed by atoms with Gasteiger partial charge in [0.05, 0.1) is 29.7 Å². The molecule has 1 aliphatic heterocycles. The molecule has 1 amide bonds. The summed E-state index contributed by atoms with van der Waals surface area (Å²) in [5, 5.41) is 0.335. The standard InChI is InChI=1S/C32H35ClFN5O4/c1-20-19-37(10-12-38(20)31(41)43-32(2,3)4)24-13-22(17-35-18-24)26-16-23(34)15-25(29(26)42-6)21-7-8-28(27(33)14-21)39-11-9-36(5)30(39)40/h7-9,11,13-18,20H,10,12,19H2,1-6H3/t20-/m1/s1. The number of piperazine rings is 1. The summed E-state index contributed by atoms with van der Waals surface area (Å²) in [7, 11) is 3.20. The molecule has 0 radical (unpaired) electrons. The van der Waals surface area contributed by atoms with Gasteiger partial charge in [0.25, 0.3) is 0 Å². The van der Waals surface area contributed by atoms with E-state index in [-0.39, 0.29) is 17.8 Å². The number of imidazole rings is 1. The molecular formula is C32H35ClFN5O4. The molecule has 0 spiro atoms. The van der Waals surface area contributed by atoms with Crippen molar-refractivity contribution in [2.75, 3.05) is 31.6 Å². The van der Waals surface area contributed by atoms with Gasteiger partial charge in [-0.2, -0.15) is 0 Å². The third-order valence-corrected chi connectivity index (χ3v) is 7.68. The first kappa shape index (κ1) is 30.2. The van der Waals surface area contributed by atoms with Crippen LogP contribution in [0, 0.1) is 5.82 Å². The highest BCUT2D eigenvalue weighted by Gasteiger charge is 2.31. The maximum absolute atomic E-state index is 15.1. The van der Waals surface area contributed by atoms with Crippen LogP contribution in [-0.4, -0.2) is 63.5 Å². The number of rotatable bonds is 5. The zero-order valence-corrected chi connectivity index (χ0v) is 25.9. The number of hydrogen-bond donors (Lipinski definition) is 0. The molecule has 11 heteroatoms. The summed E-state index contributed by atoms with van der Waals surface area (Å²) in [5.41, 5.74) is 2.93. The van der Waals surface area contributed by atoms with Gasteiger partial charge in [0.1, 0.15) is 17.2 Å². The Labute approximate surface area is 255 Å². The number of aryl methyl sites for hydroxylation is 1. The molecule has 4 aromatic rings. The summed E-state index contributed by atoms with van der Waals surface area (Å²) in [6.07, 6.45) is 6.40. The lowest BCUT2D eigenvalue weighted by atomic mass is 9.97. The molecule has 2 aromatic heterocycles. The van der Waals surface area contributed by atoms with Crippen LogP contribution in [0.1, 0.15) is 27.7 Å². The number of benzene rings is 2. The molecule has 1 aliphatic rings. The van der Waals surface area contributed by atoms with E-state index in [1.807, 2.05) is 33.8 Å². The number of pyridine rings is 1. The van der Waals surface area contributed by atoms with Gasteiger partial charge in [-0.3, -0.25) is 9.55 Å². The van der Waals surface area contributed by atoms with Gasteiger partial charge in [0, 0.05) is 68.0 Å². The molecule has 0 aliphatic carbocycles. The quantitative estimate of drug-likeness (QED) is 0.271. The largest absolute Gasteiger partial charge is 0.495 e. The number of carbonyl (C=O) groups excluding carboxylic acids is 1. The number of ether oxygens (including phenoxy) is 2. The maximum atomic E-state index is 15.1. The van der Waals surface area contributed by atoms with Crippen LogP contribution in [0.4, 0.5) is 14.9 Å². The number of carbonyl (C=O) groups is 1. The molecule has 0 unspecified atom stereocenters. The number of methoxy groups -OCH3 is 1. The number of nitrogens with zero attached hydrogens (tertiary/aromatic N) is 5. The number of aromatic nitrogens is 3. The van der Waals surface area contributed by atoms with Crippen LogP contribution in [0.3, 0.4) is 0 Å². The van der Waals surface area contributed by atoms with Gasteiger partial charge < -0.3 is 23.8 Å². The summed E-state index contributed by atoms with van der Waals surface area (Å²) in [6, 6.07) is 9.88. The molecule has 226 valence electrons. The second-order valence-corrected chi connectivity index (χ2v) is 12.1. The molecule has 9 nitrogen and oxygen atoms in total. The van der Waals surface area contributed by atoms with Crippen molar-refractivity contribution < 1.29 is 18.7 Å². The van der Waals surface area contributed by atoms with Gasteiger partial charge in [-0.25, -0.2) is 14.0 Å². The van der Waals surface area contributed by atoms with Crippen molar-refractivity contribution in [1.29, 1.82) is 0 Å². The van der Waals surface area contributed by atoms with E-state index in [4.69, 9.17) is 21.1 Å². The van der Waals surface area contributed by atoms with Crippen molar-refractivity contribution in [1.82, 2.24) is 19.0 Å². The van der Waals surface area contributed by atoms with Crippen molar-refractivity contribution >= 4 is 23.4 Å². The molecule has 1 saturated heterocycles. The molecule has 0 N–H and O–H groups in total. The van der Waals surface area contributed by atoms with Crippen LogP contribution in [0.2, 0.25) is 5.02 Å². The van der Waals surface area contributed by atoms with Crippen LogP contribution in [-0.2, 0) is 11.8 Å². The highest BCUT2D eigenvalue weighted by atomic mass is 35.5. The molecular weight excluding hydrogens is 573 g/mol. The average Bonchev–Trinajstić information content (AvgIpc) is 3.28. The van der Waals surface area contributed by atoms with Gasteiger partial charge in [-0.05, 0) is 63.6 Å². The zero-order valence-electron chi connectivity index (χ0n) is 25.1. The number of anilines is 1. The summed E-state index contributed by atoms with van der Waals surface area (Å²) in [4.78, 5) is 33.5. The van der Waals surface area contributed by atoms with Gasteiger partial charge in [-0.1, -0.05) is 17.7 Å². The van der Waals surface area contributed by atoms with Gasteiger partial charge in [0.2, 0.25) is 0 Å². The van der Waals surface area contributed by atoms with Crippen LogP contribution in [0.15, 0.2) is 66.0 Å². The number of amides is 1. The fourth-order valence-corrected chi connectivity index (χ4v) is 5.56. The topological polar surface area (TPSA) is 81.8 Å². The van der Waals surface area contributed by atoms with Gasteiger partial charge >= 0.3 is 11.8 Å². The van der Waals surface area contributed by atoms with E-state index < -0.39 is 11.4 Å². The summed E-state index contributed by atoms with van der Waals surface area (Å²) in [5.74, 6) is 0.0134. The maximum Gasteiger partial charge on any atom is 0.410 e. The van der Waals surface area contributed by atoms with Crippen molar-refractivity contribution in [3.8, 4) is 33.7 Å². The van der Waals surface area contributed by atoms with Gasteiger partial charge in [0.15, 0.2) is 0 Å². The van der Waals surface area contributed by atoms with E-state index >= 15 is 4.39 Å². The SMILES string of the molecule is COc1c(-c2cncc(N3CCN(C(=O)OC(C)(C)C)[C@H](C)C3)c2)cc(F)cc1-c1ccc(-n2ccn(C)c2=O)c(Cl)c1. The van der Waals surface area contributed by atoms with E-state index in [0.717, 1.165) is 5.69 Å². The highest BCUT2D eigenvalue weighted by Crippen LogP contribution is 2.41. The fraction of sp³-hybridized carbons (Fsp3) is 0.344.